The van der Waals surface area contributed by atoms with Crippen molar-refractivity contribution in [3.05, 3.63) is 30.1 Å². The number of nitrogens with one attached hydrogen (secondary N) is 1. The minimum Gasteiger partial charge on any atom is -0.488 e. The summed E-state index contributed by atoms with van der Waals surface area (Å²) >= 11 is 0. The van der Waals surface area contributed by atoms with Crippen LogP contribution in [0.3, 0.4) is 0 Å². The maximum Gasteiger partial charge on any atom is 0.238 e. The number of amides is 1. The van der Waals surface area contributed by atoms with E-state index in [-0.39, 0.29) is 24.8 Å². The molecule has 0 radical (unpaired) electrons. The number of aliphatic hydroxyl groups excluding tert-OH is 1. The molecule has 1 aromatic rings. The molecular weight excluding hydrogens is 263 g/mol. The van der Waals surface area contributed by atoms with Gasteiger partial charge in [-0.1, -0.05) is 12.1 Å². The summed E-state index contributed by atoms with van der Waals surface area (Å²) < 4.78 is 18.5. The van der Waals surface area contributed by atoms with E-state index < -0.39 is 18.0 Å². The monoisotopic (exact) mass is 284 g/mol. The first kappa shape index (κ1) is 16.4. The fourth-order valence-electron chi connectivity index (χ4n) is 1.59. The van der Waals surface area contributed by atoms with Crippen LogP contribution in [-0.4, -0.2) is 55.3 Å². The topological polar surface area (TPSA) is 61.8 Å². The number of benzene rings is 1. The van der Waals surface area contributed by atoms with Gasteiger partial charge in [0.2, 0.25) is 5.91 Å². The van der Waals surface area contributed by atoms with E-state index in [0.29, 0.717) is 0 Å². The van der Waals surface area contributed by atoms with Gasteiger partial charge in [0.25, 0.3) is 0 Å². The lowest BCUT2D eigenvalue weighted by Crippen LogP contribution is -2.45. The molecular formula is C14H21FN2O3. The van der Waals surface area contributed by atoms with Crippen LogP contribution < -0.4 is 10.1 Å². The van der Waals surface area contributed by atoms with Gasteiger partial charge in [-0.05, 0) is 19.1 Å². The van der Waals surface area contributed by atoms with E-state index >= 15 is 0 Å². The summed E-state index contributed by atoms with van der Waals surface area (Å²) in [4.78, 5) is 13.1. The second-order valence-electron chi connectivity index (χ2n) is 4.76. The summed E-state index contributed by atoms with van der Waals surface area (Å²) in [6, 6.07) is 5.61. The van der Waals surface area contributed by atoms with E-state index in [1.807, 2.05) is 0 Å². The van der Waals surface area contributed by atoms with Crippen LogP contribution in [0.5, 0.6) is 5.75 Å². The Labute approximate surface area is 118 Å². The molecule has 1 amide bonds. The van der Waals surface area contributed by atoms with Crippen LogP contribution in [0.25, 0.3) is 0 Å². The zero-order valence-electron chi connectivity index (χ0n) is 12.0. The van der Waals surface area contributed by atoms with E-state index in [1.54, 1.807) is 33.2 Å². The standard InChI is InChI=1S/C14H21FN2O3/c1-10(14(19)17(2)3)16-8-11(18)9-20-13-7-5-4-6-12(13)15/h4-7,10-11,16,18H,8-9H2,1-3H3. The number of ether oxygens (including phenoxy) is 1. The van der Waals surface area contributed by atoms with Crippen LogP contribution in [0.2, 0.25) is 0 Å². The van der Waals surface area contributed by atoms with Crippen molar-refractivity contribution in [1.29, 1.82) is 0 Å². The number of carbonyl (C=O) groups is 1. The number of aliphatic hydroxyl groups is 1. The average molecular weight is 284 g/mol. The summed E-state index contributed by atoms with van der Waals surface area (Å²) in [6.07, 6.45) is -0.827. The predicted octanol–water partition coefficient (Wildman–Crippen LogP) is 0.632. The van der Waals surface area contributed by atoms with Crippen molar-refractivity contribution in [2.75, 3.05) is 27.2 Å². The third kappa shape index (κ3) is 5.14. The normalized spacial score (nSPS) is 13.7. The lowest BCUT2D eigenvalue weighted by molar-refractivity contribution is -0.130. The highest BCUT2D eigenvalue weighted by Gasteiger charge is 2.16. The Morgan fingerprint density at radius 2 is 2.10 bits per heavy atom. The maximum atomic E-state index is 13.3. The molecule has 1 aromatic carbocycles. The lowest BCUT2D eigenvalue weighted by atomic mass is 10.2. The molecule has 112 valence electrons. The van der Waals surface area contributed by atoms with Gasteiger partial charge in [0.05, 0.1) is 6.04 Å². The number of rotatable bonds is 7. The molecule has 1 rings (SSSR count). The number of nitrogens with zero attached hydrogens (tertiary/aromatic N) is 1. The summed E-state index contributed by atoms with van der Waals surface area (Å²) in [6.45, 7) is 1.86. The molecule has 0 heterocycles. The molecule has 0 aromatic heterocycles. The highest BCUT2D eigenvalue weighted by molar-refractivity contribution is 5.80. The van der Waals surface area contributed by atoms with Gasteiger partial charge < -0.3 is 20.1 Å². The first-order valence-corrected chi connectivity index (χ1v) is 6.41. The van der Waals surface area contributed by atoms with Crippen molar-refractivity contribution >= 4 is 5.91 Å². The molecule has 5 nitrogen and oxygen atoms in total. The Hall–Kier alpha value is -1.66. The molecule has 0 saturated carbocycles. The van der Waals surface area contributed by atoms with Crippen molar-refractivity contribution in [3.63, 3.8) is 0 Å². The molecule has 0 saturated heterocycles. The fraction of sp³-hybridized carbons (Fsp3) is 0.500. The molecule has 6 heteroatoms. The number of halogens is 1. The van der Waals surface area contributed by atoms with Crippen molar-refractivity contribution in [3.8, 4) is 5.75 Å². The number of carbonyl (C=O) groups excluding carboxylic acids is 1. The summed E-state index contributed by atoms with van der Waals surface area (Å²) in [5.41, 5.74) is 0. The molecule has 2 atom stereocenters. The van der Waals surface area contributed by atoms with E-state index in [0.717, 1.165) is 0 Å². The third-order valence-electron chi connectivity index (χ3n) is 2.74. The number of hydrogen-bond acceptors (Lipinski definition) is 4. The molecule has 2 N–H and O–H groups in total. The van der Waals surface area contributed by atoms with Gasteiger partial charge in [0.1, 0.15) is 12.7 Å². The number of likely N-dealkylation sites (N-methyl/N-ethyl adjacent to an activating group) is 1. The van der Waals surface area contributed by atoms with Crippen LogP contribution in [0.15, 0.2) is 24.3 Å². The largest absolute Gasteiger partial charge is 0.488 e. The minimum absolute atomic E-state index is 0.0448. The molecule has 0 fully saturated rings. The molecule has 0 aliphatic carbocycles. The molecule has 20 heavy (non-hydrogen) atoms. The Morgan fingerprint density at radius 3 is 2.70 bits per heavy atom. The predicted molar refractivity (Wildman–Crippen MR) is 74.1 cm³/mol. The lowest BCUT2D eigenvalue weighted by Gasteiger charge is -2.20. The molecule has 0 aliphatic heterocycles. The Kier molecular flexibility index (Phi) is 6.41. The summed E-state index contributed by atoms with van der Waals surface area (Å²) in [5, 5.41) is 12.6. The van der Waals surface area contributed by atoms with E-state index in [1.165, 1.54) is 17.0 Å². The Morgan fingerprint density at radius 1 is 1.45 bits per heavy atom. The molecule has 0 aliphatic rings. The number of para-hydroxylation sites is 1. The van der Waals surface area contributed by atoms with Gasteiger partial charge in [-0.15, -0.1) is 0 Å². The van der Waals surface area contributed by atoms with Gasteiger partial charge in [0, 0.05) is 20.6 Å². The number of hydrogen-bond donors (Lipinski definition) is 2. The SMILES string of the molecule is CC(NCC(O)COc1ccccc1F)C(=O)N(C)C. The maximum absolute atomic E-state index is 13.3. The summed E-state index contributed by atoms with van der Waals surface area (Å²) in [7, 11) is 3.33. The van der Waals surface area contributed by atoms with Crippen LogP contribution in [0.1, 0.15) is 6.92 Å². The van der Waals surface area contributed by atoms with Crippen molar-refractivity contribution in [2.45, 2.75) is 19.1 Å². The quantitative estimate of drug-likeness (QED) is 0.771. The highest BCUT2D eigenvalue weighted by atomic mass is 19.1. The van der Waals surface area contributed by atoms with Crippen molar-refractivity contribution in [1.82, 2.24) is 10.2 Å². The molecule has 0 bridgehead atoms. The van der Waals surface area contributed by atoms with Gasteiger partial charge in [-0.3, -0.25) is 4.79 Å². The first-order valence-electron chi connectivity index (χ1n) is 6.41. The van der Waals surface area contributed by atoms with Crippen molar-refractivity contribution in [2.24, 2.45) is 0 Å². The molecule has 0 spiro atoms. The van der Waals surface area contributed by atoms with Gasteiger partial charge >= 0.3 is 0 Å². The summed E-state index contributed by atoms with van der Waals surface area (Å²) in [5.74, 6) is -0.444. The second kappa shape index (κ2) is 7.81. The Balaban J connectivity index is 2.32. The minimum atomic E-state index is -0.827. The first-order chi connectivity index (χ1) is 9.41. The van der Waals surface area contributed by atoms with Crippen LogP contribution in [-0.2, 0) is 4.79 Å². The van der Waals surface area contributed by atoms with Gasteiger partial charge in [-0.25, -0.2) is 4.39 Å². The van der Waals surface area contributed by atoms with E-state index in [4.69, 9.17) is 4.74 Å². The average Bonchev–Trinajstić information content (AvgIpc) is 2.42. The van der Waals surface area contributed by atoms with E-state index in [2.05, 4.69) is 5.32 Å². The smallest absolute Gasteiger partial charge is 0.238 e. The van der Waals surface area contributed by atoms with Crippen LogP contribution in [0, 0.1) is 5.82 Å². The van der Waals surface area contributed by atoms with Crippen LogP contribution >= 0.6 is 0 Å². The molecule has 2 unspecified atom stereocenters. The second-order valence-corrected chi connectivity index (χ2v) is 4.76. The van der Waals surface area contributed by atoms with Gasteiger partial charge in [-0.2, -0.15) is 0 Å². The van der Waals surface area contributed by atoms with Crippen LogP contribution in [0.4, 0.5) is 4.39 Å². The van der Waals surface area contributed by atoms with Crippen molar-refractivity contribution < 1.29 is 19.0 Å². The highest BCUT2D eigenvalue weighted by Crippen LogP contribution is 2.15. The fourth-order valence-corrected chi connectivity index (χ4v) is 1.59. The van der Waals surface area contributed by atoms with E-state index in [9.17, 15) is 14.3 Å². The zero-order valence-corrected chi connectivity index (χ0v) is 12.0. The Bertz CT molecular complexity index is 440. The third-order valence-corrected chi connectivity index (χ3v) is 2.74. The zero-order chi connectivity index (χ0) is 15.1. The van der Waals surface area contributed by atoms with Gasteiger partial charge in [0.15, 0.2) is 11.6 Å².